The quantitative estimate of drug-likeness (QED) is 0.0203. The van der Waals surface area contributed by atoms with Gasteiger partial charge in [0.2, 0.25) is 23.6 Å². The van der Waals surface area contributed by atoms with E-state index in [1.54, 1.807) is 14.1 Å². The topological polar surface area (TPSA) is 962 Å². The second-order valence-electron chi connectivity index (χ2n) is 25.0. The van der Waals surface area contributed by atoms with Crippen molar-refractivity contribution in [3.05, 3.63) is 144 Å². The van der Waals surface area contributed by atoms with Crippen molar-refractivity contribution in [2.24, 2.45) is 44.8 Å². The molecular weight excluding hydrogens is 1690 g/mol. The molecule has 42 heteroatoms. The van der Waals surface area contributed by atoms with Crippen molar-refractivity contribution in [1.29, 1.82) is 0 Å². The van der Waals surface area contributed by atoms with Crippen LogP contribution in [0.1, 0.15) is 212 Å². The lowest BCUT2D eigenvalue weighted by molar-refractivity contribution is -0.127. The zero-order valence-electron chi connectivity index (χ0n) is 82.7. The number of aliphatic imine (C=N–C) groups is 2. The largest absolute Gasteiger partial charge is 0.370 e. The Bertz CT molecular complexity index is 2970. The second-order valence-corrected chi connectivity index (χ2v) is 25.0. The van der Waals surface area contributed by atoms with Crippen LogP contribution in [0, 0.1) is 11.8 Å². The summed E-state index contributed by atoms with van der Waals surface area (Å²) in [7, 11) is 3.12. The molecule has 42 nitrogen and oxygen atoms in total. The monoisotopic (exact) mass is 1880 g/mol. The summed E-state index contributed by atoms with van der Waals surface area (Å²) in [5, 5.41) is 19.5. The van der Waals surface area contributed by atoms with Crippen LogP contribution in [0.5, 0.6) is 0 Å². The Labute approximate surface area is 786 Å². The van der Waals surface area contributed by atoms with Gasteiger partial charge in [-0.2, -0.15) is 0 Å². The molecule has 0 spiro atoms. The van der Waals surface area contributed by atoms with E-state index in [1.165, 1.54) is 189 Å². The third-order valence-electron chi connectivity index (χ3n) is 16.9. The number of nitrogens with two attached hydrogens (primary N) is 4. The first-order valence-corrected chi connectivity index (χ1v) is 39.6. The fourth-order valence-corrected chi connectivity index (χ4v) is 11.2. The Morgan fingerprint density at radius 1 is 0.359 bits per heavy atom. The molecule has 58 N–H and O–H groups in total. The molecule has 4 fully saturated rings. The van der Waals surface area contributed by atoms with Crippen LogP contribution >= 0.6 is 0 Å². The molecule has 2 aliphatic heterocycles. The molecule has 2 atom stereocenters. The first kappa shape index (κ1) is 184. The number of fused-ring (bicyclic) bond motifs is 2. The number of unbranched alkanes of at least 4 members (excludes halogenated alkanes) is 3. The van der Waals surface area contributed by atoms with E-state index in [1.807, 2.05) is 129 Å². The summed E-state index contributed by atoms with van der Waals surface area (Å²) in [6, 6.07) is 34.9. The van der Waals surface area contributed by atoms with Crippen LogP contribution in [0.3, 0.4) is 0 Å². The minimum Gasteiger partial charge on any atom is -0.370 e. The first-order valence-electron chi connectivity index (χ1n) is 39.6. The molecule has 2 aromatic heterocycles. The van der Waals surface area contributed by atoms with E-state index >= 15 is 0 Å². The van der Waals surface area contributed by atoms with E-state index < -0.39 is 12.1 Å². The third-order valence-corrected chi connectivity index (χ3v) is 16.9. The number of para-hydroxylation sites is 2. The van der Waals surface area contributed by atoms with Gasteiger partial charge in [0.25, 0.3) is 0 Å². The van der Waals surface area contributed by atoms with Gasteiger partial charge in [0.1, 0.15) is 80.0 Å². The SMILES string of the molecule is C1CCNC1.C1CCNC1.C=O.C=O.C=O.C=O.C=O.C=O.C=O.C=O.C=O.C=O.CCC1CCCCC1.CCC1CCCCC1.CCCCCN=C(N)N.CCCCN=C(N)N.CCc1c[nH]c2ccccc12.CCc1c[nH]c2ccccc12.CNC(=O)[C@H](Cc1ccccc1)NC(C)=O.CNC(=O)[C@H](Cc1ccccc1)NC(C)=O.N.N.N.N.N.N.N.N.N.N.N.N.N.N. The summed E-state index contributed by atoms with van der Waals surface area (Å²) < 4.78 is 0. The molecule has 2 saturated heterocycles. The van der Waals surface area contributed by atoms with E-state index in [9.17, 15) is 19.2 Å². The van der Waals surface area contributed by atoms with E-state index in [0.717, 1.165) is 68.2 Å². The standard InChI is InChI=1S/2C12H16N2O2.2C10H11N.2C8H16.C6H15N3.C5H13N3.2C4H9N.10CH2O.14H3N/c2*1-9(15)14-11(12(16)13-2)8-10-6-4-3-5-7-10;2*1-2-8-7-11-10-6-4-3-5-9(8)10;2*1-2-8-6-4-3-5-7-8;1-2-3-4-5-9-6(7)8;1-2-3-4-8-5(6)7;2*1-2-4-5-3-1;10*1-2;;;;;;;;;;;;;;/h2*3-7,11H,8H2,1-2H3,(H,13,16)(H,14,15);2*3-7,11H,2H2,1H3;2*8H,2-7H2,1H3;2-5H2,1H3,(H4,7,8,9);2-4H2,1H3,(H4,6,7,8);2*5H,1-4H2;10*1H2;14*1H3/t2*11-;;;;;;;;;;;;;;;;;;;;;;;;;;;;;;;;/m00................................/s1. The number of guanidine groups is 2. The molecule has 4 aliphatic rings. The Kier molecular flexibility index (Phi) is 214. The maximum absolute atomic E-state index is 11.5. The van der Waals surface area contributed by atoms with Gasteiger partial charge in [-0.05, 0) is 124 Å². The van der Waals surface area contributed by atoms with E-state index in [4.69, 9.17) is 70.9 Å². The lowest BCUT2D eigenvalue weighted by Gasteiger charge is -2.18. The zero-order chi connectivity index (χ0) is 91.5. The number of hydrogen-bond donors (Lipinski definition) is 26. The van der Waals surface area contributed by atoms with Gasteiger partial charge in [0.15, 0.2) is 11.9 Å². The van der Waals surface area contributed by atoms with Gasteiger partial charge in [-0.15, -0.1) is 0 Å². The van der Waals surface area contributed by atoms with Gasteiger partial charge in [-0.3, -0.25) is 29.2 Å². The van der Waals surface area contributed by atoms with Crippen LogP contribution in [-0.2, 0) is 92.8 Å². The number of amides is 4. The van der Waals surface area contributed by atoms with E-state index in [2.05, 4.69) is 154 Å². The number of aromatic amines is 2. The van der Waals surface area contributed by atoms with Gasteiger partial charge in [0, 0.05) is 88.1 Å². The maximum atomic E-state index is 11.5. The van der Waals surface area contributed by atoms with Crippen LogP contribution in [0.15, 0.2) is 132 Å². The fraction of sp³-hybridized carbons (Fsp3) is 0.506. The molecule has 10 rings (SSSR count). The number of carbonyl (C=O) groups excluding carboxylic acids is 14. The van der Waals surface area contributed by atoms with Crippen molar-refractivity contribution in [1.82, 2.24) is 128 Å². The fourth-order valence-electron chi connectivity index (χ4n) is 11.2. The summed E-state index contributed by atoms with van der Waals surface area (Å²) in [4.78, 5) is 139. The number of likely N-dealkylation sites (N-methyl/N-ethyl adjacent to an activating group) is 2. The van der Waals surface area contributed by atoms with Crippen LogP contribution in [0.4, 0.5) is 0 Å². The number of H-pyrrole nitrogens is 2. The van der Waals surface area contributed by atoms with Crippen molar-refractivity contribution >= 4 is 125 Å². The molecule has 4 amide bonds. The van der Waals surface area contributed by atoms with E-state index in [0.29, 0.717) is 12.8 Å². The van der Waals surface area contributed by atoms with Gasteiger partial charge >= 0.3 is 0 Å². The first-order chi connectivity index (χ1) is 57.0. The number of nitrogens with one attached hydrogen (secondary N) is 8. The molecule has 0 unspecified atom stereocenters. The highest BCUT2D eigenvalue weighted by molar-refractivity contribution is 5.88. The average molecular weight is 1880 g/mol. The summed E-state index contributed by atoms with van der Waals surface area (Å²) in [6.45, 7) is 42.6. The Morgan fingerprint density at radius 2 is 0.611 bits per heavy atom. The van der Waals surface area contributed by atoms with Crippen molar-refractivity contribution in [2.45, 2.75) is 228 Å². The number of hydrogen-bond acceptors (Lipinski definition) is 32. The minimum absolute atomic E-state index is 0. The molecule has 2 saturated carbocycles. The predicted molar refractivity (Wildman–Crippen MR) is 554 cm³/mol. The van der Waals surface area contributed by atoms with Crippen LogP contribution in [0.2, 0.25) is 0 Å². The molecule has 2 aliphatic carbocycles. The molecular formula is C89H194N28O14. The van der Waals surface area contributed by atoms with Crippen LogP contribution in [0.25, 0.3) is 21.8 Å². The number of nitrogens with zero attached hydrogens (tertiary/aromatic N) is 2. The van der Waals surface area contributed by atoms with Gasteiger partial charge in [0.05, 0.1) is 0 Å². The summed E-state index contributed by atoms with van der Waals surface area (Å²) in [6.07, 6.45) is 36.5. The summed E-state index contributed by atoms with van der Waals surface area (Å²) in [5.74, 6) is 1.80. The molecule has 0 bridgehead atoms. The Morgan fingerprint density at radius 3 is 0.817 bits per heavy atom. The lowest BCUT2D eigenvalue weighted by Crippen LogP contribution is -2.46. The van der Waals surface area contributed by atoms with E-state index in [-0.39, 0.29) is 122 Å². The highest BCUT2D eigenvalue weighted by Crippen LogP contribution is 2.26. The number of aromatic nitrogens is 2. The predicted octanol–water partition coefficient (Wildman–Crippen LogP) is 14.0. The maximum Gasteiger partial charge on any atom is 0.242 e. The lowest BCUT2D eigenvalue weighted by atomic mass is 9.88. The Balaban J connectivity index is -0.0000000432. The van der Waals surface area contributed by atoms with Crippen molar-refractivity contribution in [3.8, 4) is 0 Å². The number of benzene rings is 4. The summed E-state index contributed by atoms with van der Waals surface area (Å²) >= 11 is 0. The van der Waals surface area contributed by atoms with Crippen molar-refractivity contribution < 1.29 is 67.1 Å². The van der Waals surface area contributed by atoms with Crippen molar-refractivity contribution in [2.75, 3.05) is 53.4 Å². The molecule has 0 radical (unpaired) electrons. The van der Waals surface area contributed by atoms with Gasteiger partial charge in [-0.25, -0.2) is 0 Å². The van der Waals surface area contributed by atoms with Crippen LogP contribution in [-0.4, -0.2) is 179 Å². The zero-order valence-corrected chi connectivity index (χ0v) is 82.7. The molecule has 131 heavy (non-hydrogen) atoms. The van der Waals surface area contributed by atoms with Gasteiger partial charge < -0.3 is 199 Å². The number of carbonyl (C=O) groups is 14. The van der Waals surface area contributed by atoms with Crippen LogP contribution < -0.4 is 141 Å². The molecule has 4 heterocycles. The molecule has 6 aromatic rings. The Hall–Kier alpha value is -11.6. The highest BCUT2D eigenvalue weighted by Gasteiger charge is 2.20. The average Bonchev–Trinajstić information content (AvgIpc) is 1.71. The van der Waals surface area contributed by atoms with Gasteiger partial charge in [-0.1, -0.05) is 235 Å². The molecule has 4 aromatic carbocycles. The highest BCUT2D eigenvalue weighted by atomic mass is 16.2. The second kappa shape index (κ2) is 153. The minimum atomic E-state index is -0.509. The smallest absolute Gasteiger partial charge is 0.242 e. The van der Waals surface area contributed by atoms with Crippen molar-refractivity contribution in [3.63, 3.8) is 0 Å². The summed E-state index contributed by atoms with van der Waals surface area (Å²) in [5.41, 5.74) is 27.7. The molecule has 774 valence electrons. The normalized spacial score (nSPS) is 10.8. The number of rotatable bonds is 19. The third kappa shape index (κ3) is 116. The number of aryl methyl sites for hydroxylation is 2.